The van der Waals surface area contributed by atoms with Crippen molar-refractivity contribution in [3.8, 4) is 6.07 Å². The number of rotatable bonds is 7. The molecule has 1 N–H and O–H groups in total. The Kier molecular flexibility index (Phi) is 6.38. The van der Waals surface area contributed by atoms with Crippen LogP contribution in [0, 0.1) is 11.3 Å². The predicted octanol–water partition coefficient (Wildman–Crippen LogP) is 1.37. The third-order valence-corrected chi connectivity index (χ3v) is 2.70. The summed E-state index contributed by atoms with van der Waals surface area (Å²) in [5.74, 6) is 0. The molecule has 0 amide bonds. The molecule has 1 aliphatic rings. The van der Waals surface area contributed by atoms with E-state index in [-0.39, 0.29) is 0 Å². The number of nitrogens with one attached hydrogen (secondary N) is 1. The fraction of sp³-hybridized carbons (Fsp3) is 0.909. The van der Waals surface area contributed by atoms with Gasteiger partial charge in [0.15, 0.2) is 0 Å². The molecule has 0 aromatic carbocycles. The van der Waals surface area contributed by atoms with E-state index < -0.39 is 0 Å². The molecule has 0 atom stereocenters. The molecule has 0 aromatic rings. The summed E-state index contributed by atoms with van der Waals surface area (Å²) in [5.41, 5.74) is 0. The lowest BCUT2D eigenvalue weighted by Crippen LogP contribution is -2.30. The van der Waals surface area contributed by atoms with Crippen LogP contribution in [0.3, 0.4) is 0 Å². The molecule has 1 heterocycles. The van der Waals surface area contributed by atoms with Crippen molar-refractivity contribution < 1.29 is 0 Å². The lowest BCUT2D eigenvalue weighted by Gasteiger charge is -2.14. The molecule has 0 radical (unpaired) electrons. The summed E-state index contributed by atoms with van der Waals surface area (Å²) < 4.78 is 0. The Morgan fingerprint density at radius 1 is 1.14 bits per heavy atom. The minimum atomic E-state index is 0.702. The second-order valence-electron chi connectivity index (χ2n) is 3.91. The fourth-order valence-electron chi connectivity index (χ4n) is 1.82. The van der Waals surface area contributed by atoms with Crippen molar-refractivity contribution in [2.45, 2.75) is 32.1 Å². The van der Waals surface area contributed by atoms with Crippen LogP contribution >= 0.6 is 0 Å². The van der Waals surface area contributed by atoms with Gasteiger partial charge in [-0.2, -0.15) is 5.26 Å². The van der Waals surface area contributed by atoms with Gasteiger partial charge in [0, 0.05) is 19.5 Å². The Bertz CT molecular complexity index is 168. The highest BCUT2D eigenvalue weighted by Crippen LogP contribution is 2.05. The van der Waals surface area contributed by atoms with Crippen molar-refractivity contribution >= 4 is 0 Å². The highest BCUT2D eigenvalue weighted by molar-refractivity contribution is 4.69. The van der Waals surface area contributed by atoms with Crippen molar-refractivity contribution in [1.29, 1.82) is 5.26 Å². The molecule has 3 heteroatoms. The van der Waals surface area contributed by atoms with E-state index in [4.69, 9.17) is 5.26 Å². The molecule has 0 aliphatic carbocycles. The summed E-state index contributed by atoms with van der Waals surface area (Å²) in [6.07, 6.45) is 5.62. The molecule has 14 heavy (non-hydrogen) atoms. The SMILES string of the molecule is N#CCCCCNCCN1CCCC1. The maximum Gasteiger partial charge on any atom is 0.0621 e. The third kappa shape index (κ3) is 5.21. The van der Waals surface area contributed by atoms with Gasteiger partial charge in [-0.05, 0) is 45.3 Å². The second kappa shape index (κ2) is 7.78. The van der Waals surface area contributed by atoms with Gasteiger partial charge < -0.3 is 10.2 Å². The van der Waals surface area contributed by atoms with Gasteiger partial charge in [-0.3, -0.25) is 0 Å². The molecule has 1 fully saturated rings. The maximum atomic E-state index is 8.34. The van der Waals surface area contributed by atoms with E-state index in [9.17, 15) is 0 Å². The van der Waals surface area contributed by atoms with Crippen LogP contribution in [0.25, 0.3) is 0 Å². The largest absolute Gasteiger partial charge is 0.315 e. The minimum Gasteiger partial charge on any atom is -0.315 e. The first kappa shape index (κ1) is 11.5. The summed E-state index contributed by atoms with van der Waals surface area (Å²) in [6.45, 7) is 5.94. The first-order valence-corrected chi connectivity index (χ1v) is 5.73. The van der Waals surface area contributed by atoms with Crippen molar-refractivity contribution in [3.05, 3.63) is 0 Å². The van der Waals surface area contributed by atoms with Gasteiger partial charge in [-0.25, -0.2) is 0 Å². The van der Waals surface area contributed by atoms with Gasteiger partial charge in [0.05, 0.1) is 6.07 Å². The van der Waals surface area contributed by atoms with Crippen LogP contribution in [0.15, 0.2) is 0 Å². The van der Waals surface area contributed by atoms with Crippen LogP contribution in [-0.4, -0.2) is 37.6 Å². The molecule has 0 saturated carbocycles. The summed E-state index contributed by atoms with van der Waals surface area (Å²) in [5, 5.41) is 11.8. The standard InChI is InChI=1S/C11H21N3/c12-6-2-1-3-7-13-8-11-14-9-4-5-10-14/h13H,1-5,7-11H2. The molecule has 1 aliphatic heterocycles. The van der Waals surface area contributed by atoms with Crippen molar-refractivity contribution in [2.75, 3.05) is 32.7 Å². The lowest BCUT2D eigenvalue weighted by atomic mass is 10.2. The number of nitrogens with zero attached hydrogens (tertiary/aromatic N) is 2. The first-order valence-electron chi connectivity index (χ1n) is 5.73. The van der Waals surface area contributed by atoms with Crippen LogP contribution in [0.5, 0.6) is 0 Å². The van der Waals surface area contributed by atoms with Crippen molar-refractivity contribution in [2.24, 2.45) is 0 Å². The van der Waals surface area contributed by atoms with Gasteiger partial charge in [0.2, 0.25) is 0 Å². The topological polar surface area (TPSA) is 39.1 Å². The Morgan fingerprint density at radius 2 is 1.93 bits per heavy atom. The van der Waals surface area contributed by atoms with Crippen molar-refractivity contribution in [1.82, 2.24) is 10.2 Å². The number of nitriles is 1. The molecule has 0 bridgehead atoms. The second-order valence-corrected chi connectivity index (χ2v) is 3.91. The van der Waals surface area contributed by atoms with Crippen LogP contribution in [0.1, 0.15) is 32.1 Å². The molecule has 0 unspecified atom stereocenters. The molecular formula is C11H21N3. The molecule has 1 rings (SSSR count). The van der Waals surface area contributed by atoms with E-state index in [1.807, 2.05) is 0 Å². The van der Waals surface area contributed by atoms with Gasteiger partial charge in [-0.15, -0.1) is 0 Å². The van der Waals surface area contributed by atoms with E-state index >= 15 is 0 Å². The van der Waals surface area contributed by atoms with E-state index in [2.05, 4.69) is 16.3 Å². The monoisotopic (exact) mass is 195 g/mol. The number of likely N-dealkylation sites (tertiary alicyclic amines) is 1. The summed E-state index contributed by atoms with van der Waals surface area (Å²) >= 11 is 0. The minimum absolute atomic E-state index is 0.702. The van der Waals surface area contributed by atoms with Crippen LogP contribution in [-0.2, 0) is 0 Å². The lowest BCUT2D eigenvalue weighted by molar-refractivity contribution is 0.335. The van der Waals surface area contributed by atoms with Gasteiger partial charge in [0.1, 0.15) is 0 Å². The van der Waals surface area contributed by atoms with Crippen LogP contribution in [0.2, 0.25) is 0 Å². The van der Waals surface area contributed by atoms with Gasteiger partial charge >= 0.3 is 0 Å². The zero-order valence-electron chi connectivity index (χ0n) is 8.97. The predicted molar refractivity (Wildman–Crippen MR) is 58.0 cm³/mol. The van der Waals surface area contributed by atoms with E-state index in [0.717, 1.165) is 25.9 Å². The Balaban J connectivity index is 1.78. The fourth-order valence-corrected chi connectivity index (χ4v) is 1.82. The zero-order valence-corrected chi connectivity index (χ0v) is 8.97. The molecular weight excluding hydrogens is 174 g/mol. The maximum absolute atomic E-state index is 8.34. The average Bonchev–Trinajstić information content (AvgIpc) is 2.69. The molecule has 80 valence electrons. The number of hydrogen-bond acceptors (Lipinski definition) is 3. The Labute approximate surface area is 87.1 Å². The summed E-state index contributed by atoms with van der Waals surface area (Å²) in [6, 6.07) is 2.17. The van der Waals surface area contributed by atoms with Gasteiger partial charge in [0.25, 0.3) is 0 Å². The normalized spacial score (nSPS) is 17.1. The molecule has 0 spiro atoms. The highest BCUT2D eigenvalue weighted by atomic mass is 15.1. The Hall–Kier alpha value is -0.590. The molecule has 1 saturated heterocycles. The smallest absolute Gasteiger partial charge is 0.0621 e. The average molecular weight is 195 g/mol. The van der Waals surface area contributed by atoms with Crippen LogP contribution < -0.4 is 5.32 Å². The van der Waals surface area contributed by atoms with Gasteiger partial charge in [-0.1, -0.05) is 0 Å². The Morgan fingerprint density at radius 3 is 2.64 bits per heavy atom. The van der Waals surface area contributed by atoms with Crippen molar-refractivity contribution in [3.63, 3.8) is 0 Å². The van der Waals surface area contributed by atoms with E-state index in [1.165, 1.54) is 32.5 Å². The highest BCUT2D eigenvalue weighted by Gasteiger charge is 2.09. The number of hydrogen-bond donors (Lipinski definition) is 1. The third-order valence-electron chi connectivity index (χ3n) is 2.70. The van der Waals surface area contributed by atoms with E-state index in [1.54, 1.807) is 0 Å². The summed E-state index contributed by atoms with van der Waals surface area (Å²) in [4.78, 5) is 2.52. The molecule has 0 aromatic heterocycles. The molecule has 3 nitrogen and oxygen atoms in total. The van der Waals surface area contributed by atoms with E-state index in [0.29, 0.717) is 6.42 Å². The first-order chi connectivity index (χ1) is 6.93. The van der Waals surface area contributed by atoms with Crippen LogP contribution in [0.4, 0.5) is 0 Å². The zero-order chi connectivity index (χ0) is 10.1. The number of unbranched alkanes of at least 4 members (excludes halogenated alkanes) is 2. The quantitative estimate of drug-likeness (QED) is 0.624. The summed E-state index contributed by atoms with van der Waals surface area (Å²) in [7, 11) is 0.